The Kier molecular flexibility index (Phi) is 4.11. The zero-order valence-corrected chi connectivity index (χ0v) is 11.2. The Morgan fingerprint density at radius 1 is 1.53 bits per heavy atom. The third-order valence-electron chi connectivity index (χ3n) is 3.34. The number of halogens is 1. The molecule has 2 rings (SSSR count). The second kappa shape index (κ2) is 5.62. The van der Waals surface area contributed by atoms with Crippen molar-refractivity contribution in [3.05, 3.63) is 35.1 Å². The Labute approximate surface area is 115 Å². The van der Waals surface area contributed by atoms with E-state index in [-0.39, 0.29) is 17.7 Å². The van der Waals surface area contributed by atoms with E-state index in [1.54, 1.807) is 11.8 Å². The van der Waals surface area contributed by atoms with Crippen LogP contribution in [-0.2, 0) is 10.5 Å². The number of hydrogen-bond donors (Lipinski definition) is 1. The first-order valence-corrected chi connectivity index (χ1v) is 7.18. The highest BCUT2D eigenvalue weighted by Crippen LogP contribution is 2.51. The van der Waals surface area contributed by atoms with Crippen molar-refractivity contribution in [1.29, 1.82) is 5.26 Å². The maximum absolute atomic E-state index is 13.1. The van der Waals surface area contributed by atoms with Crippen LogP contribution in [0.5, 0.6) is 0 Å². The van der Waals surface area contributed by atoms with Crippen molar-refractivity contribution in [3.8, 4) is 6.07 Å². The number of carbonyl (C=O) groups is 1. The van der Waals surface area contributed by atoms with Gasteiger partial charge in [-0.2, -0.15) is 17.0 Å². The fourth-order valence-electron chi connectivity index (χ4n) is 2.04. The highest BCUT2D eigenvalue weighted by atomic mass is 32.2. The number of nitrogens with zero attached hydrogens (tertiary/aromatic N) is 1. The minimum atomic E-state index is -0.762. The fourth-order valence-corrected chi connectivity index (χ4v) is 3.42. The largest absolute Gasteiger partial charge is 0.481 e. The van der Waals surface area contributed by atoms with E-state index in [1.807, 2.05) is 6.07 Å². The molecule has 100 valence electrons. The number of benzene rings is 1. The van der Waals surface area contributed by atoms with E-state index in [2.05, 4.69) is 0 Å². The van der Waals surface area contributed by atoms with Crippen molar-refractivity contribution in [3.63, 3.8) is 0 Å². The van der Waals surface area contributed by atoms with Crippen molar-refractivity contribution >= 4 is 17.7 Å². The van der Waals surface area contributed by atoms with Gasteiger partial charge >= 0.3 is 5.97 Å². The van der Waals surface area contributed by atoms with Crippen LogP contribution in [0.4, 0.5) is 4.39 Å². The van der Waals surface area contributed by atoms with E-state index in [4.69, 9.17) is 10.4 Å². The summed E-state index contributed by atoms with van der Waals surface area (Å²) < 4.78 is 13.1. The van der Waals surface area contributed by atoms with Crippen LogP contribution in [0.25, 0.3) is 0 Å². The molecule has 0 aromatic heterocycles. The quantitative estimate of drug-likeness (QED) is 0.868. The molecule has 1 aliphatic carbocycles. The summed E-state index contributed by atoms with van der Waals surface area (Å²) in [6.45, 7) is 0. The molecule has 3 nitrogen and oxygen atoms in total. The van der Waals surface area contributed by atoms with Crippen LogP contribution < -0.4 is 0 Å². The summed E-state index contributed by atoms with van der Waals surface area (Å²) in [7, 11) is 0. The van der Waals surface area contributed by atoms with E-state index in [0.29, 0.717) is 16.9 Å². The summed E-state index contributed by atoms with van der Waals surface area (Å²) >= 11 is 1.57. The van der Waals surface area contributed by atoms with Gasteiger partial charge in [0.2, 0.25) is 0 Å². The molecule has 1 fully saturated rings. The Balaban J connectivity index is 1.91. The molecular weight excluding hydrogens is 265 g/mol. The molecule has 0 radical (unpaired) electrons. The molecule has 1 saturated carbocycles. The monoisotopic (exact) mass is 279 g/mol. The van der Waals surface area contributed by atoms with Crippen molar-refractivity contribution in [2.45, 2.75) is 25.0 Å². The number of aliphatic carboxylic acids is 1. The maximum atomic E-state index is 13.1. The van der Waals surface area contributed by atoms with Crippen LogP contribution in [0, 0.1) is 22.6 Å². The van der Waals surface area contributed by atoms with Crippen LogP contribution in [0.3, 0.4) is 0 Å². The van der Waals surface area contributed by atoms with Gasteiger partial charge in [-0.05, 0) is 47.8 Å². The Hall–Kier alpha value is -1.54. The molecule has 0 amide bonds. The molecule has 5 heteroatoms. The molecule has 0 atom stereocenters. The van der Waals surface area contributed by atoms with Crippen molar-refractivity contribution in [2.24, 2.45) is 5.41 Å². The minimum absolute atomic E-state index is 0.0728. The first-order valence-electron chi connectivity index (χ1n) is 6.03. The number of carboxylic acid groups (broad SMARTS) is 1. The SMILES string of the molecule is N#Cc1ccc(F)cc1CSCC1(CC(=O)O)CC1. The zero-order valence-electron chi connectivity index (χ0n) is 10.4. The van der Waals surface area contributed by atoms with Crippen LogP contribution in [0.2, 0.25) is 0 Å². The van der Waals surface area contributed by atoms with Crippen molar-refractivity contribution in [2.75, 3.05) is 5.75 Å². The van der Waals surface area contributed by atoms with Crippen LogP contribution >= 0.6 is 11.8 Å². The highest BCUT2D eigenvalue weighted by molar-refractivity contribution is 7.98. The standard InChI is InChI=1S/C14H14FNO2S/c15-12-2-1-10(7-16)11(5-12)8-19-9-14(3-4-14)6-13(17)18/h1-2,5H,3-4,6,8-9H2,(H,17,18). The van der Waals surface area contributed by atoms with E-state index >= 15 is 0 Å². The van der Waals surface area contributed by atoms with Crippen LogP contribution in [0.15, 0.2) is 18.2 Å². The van der Waals surface area contributed by atoms with E-state index in [0.717, 1.165) is 18.6 Å². The molecule has 1 aromatic carbocycles. The molecule has 1 N–H and O–H groups in total. The topological polar surface area (TPSA) is 61.1 Å². The smallest absolute Gasteiger partial charge is 0.303 e. The Bertz CT molecular complexity index is 535. The Morgan fingerprint density at radius 3 is 2.84 bits per heavy atom. The first kappa shape index (κ1) is 13.9. The predicted octanol–water partition coefficient (Wildman–Crippen LogP) is 3.19. The molecule has 0 spiro atoms. The second-order valence-electron chi connectivity index (χ2n) is 4.98. The van der Waals surface area contributed by atoms with Crippen LogP contribution in [0.1, 0.15) is 30.4 Å². The predicted molar refractivity (Wildman–Crippen MR) is 71.2 cm³/mol. The fraction of sp³-hybridized carbons (Fsp3) is 0.429. The van der Waals surface area contributed by atoms with Gasteiger partial charge in [-0.15, -0.1) is 0 Å². The minimum Gasteiger partial charge on any atom is -0.481 e. The summed E-state index contributed by atoms with van der Waals surface area (Å²) in [5, 5.41) is 17.8. The molecule has 0 unspecified atom stereocenters. The van der Waals surface area contributed by atoms with Gasteiger partial charge in [0.15, 0.2) is 0 Å². The van der Waals surface area contributed by atoms with Gasteiger partial charge in [-0.1, -0.05) is 0 Å². The lowest BCUT2D eigenvalue weighted by atomic mass is 10.1. The molecule has 0 bridgehead atoms. The molecule has 0 heterocycles. The number of thioether (sulfide) groups is 1. The zero-order chi connectivity index (χ0) is 13.9. The third kappa shape index (κ3) is 3.71. The van der Waals surface area contributed by atoms with E-state index in [9.17, 15) is 9.18 Å². The highest BCUT2D eigenvalue weighted by Gasteiger charge is 2.44. The van der Waals surface area contributed by atoms with Crippen molar-refractivity contribution in [1.82, 2.24) is 0 Å². The average molecular weight is 279 g/mol. The lowest BCUT2D eigenvalue weighted by molar-refractivity contribution is -0.138. The van der Waals surface area contributed by atoms with Gasteiger partial charge in [0, 0.05) is 5.75 Å². The second-order valence-corrected chi connectivity index (χ2v) is 5.96. The lowest BCUT2D eigenvalue weighted by Gasteiger charge is -2.12. The van der Waals surface area contributed by atoms with Gasteiger partial charge in [-0.3, -0.25) is 4.79 Å². The van der Waals surface area contributed by atoms with Gasteiger partial charge in [0.1, 0.15) is 5.82 Å². The number of rotatable bonds is 6. The number of nitriles is 1. The van der Waals surface area contributed by atoms with Crippen LogP contribution in [-0.4, -0.2) is 16.8 Å². The number of hydrogen-bond acceptors (Lipinski definition) is 3. The molecule has 1 aromatic rings. The van der Waals surface area contributed by atoms with Crippen molar-refractivity contribution < 1.29 is 14.3 Å². The molecular formula is C14H14FNO2S. The number of carboxylic acids is 1. The first-order chi connectivity index (χ1) is 9.04. The van der Waals surface area contributed by atoms with Gasteiger partial charge in [0.25, 0.3) is 0 Å². The van der Waals surface area contributed by atoms with E-state index in [1.165, 1.54) is 18.2 Å². The summed E-state index contributed by atoms with van der Waals surface area (Å²) in [4.78, 5) is 10.7. The van der Waals surface area contributed by atoms with Gasteiger partial charge in [0.05, 0.1) is 18.1 Å². The molecule has 0 saturated heterocycles. The third-order valence-corrected chi connectivity index (χ3v) is 4.67. The molecule has 19 heavy (non-hydrogen) atoms. The van der Waals surface area contributed by atoms with Gasteiger partial charge < -0.3 is 5.11 Å². The van der Waals surface area contributed by atoms with E-state index < -0.39 is 5.97 Å². The molecule has 1 aliphatic rings. The average Bonchev–Trinajstić information content (AvgIpc) is 3.08. The Morgan fingerprint density at radius 2 is 2.26 bits per heavy atom. The maximum Gasteiger partial charge on any atom is 0.303 e. The molecule has 0 aliphatic heterocycles. The summed E-state index contributed by atoms with van der Waals surface area (Å²) in [6, 6.07) is 6.18. The summed E-state index contributed by atoms with van der Waals surface area (Å²) in [5.41, 5.74) is 1.09. The van der Waals surface area contributed by atoms with Gasteiger partial charge in [-0.25, -0.2) is 4.39 Å². The summed E-state index contributed by atoms with van der Waals surface area (Å²) in [6.07, 6.45) is 2.09. The normalized spacial score (nSPS) is 15.8. The summed E-state index contributed by atoms with van der Waals surface area (Å²) in [5.74, 6) is 0.186. The lowest BCUT2D eigenvalue weighted by Crippen LogP contribution is -2.11.